The maximum atomic E-state index is 4.21. The van der Waals surface area contributed by atoms with Crippen LogP contribution in [0.5, 0.6) is 0 Å². The van der Waals surface area contributed by atoms with Crippen molar-refractivity contribution in [3.05, 3.63) is 70.1 Å². The molecule has 29 heavy (non-hydrogen) atoms. The molecule has 0 spiro atoms. The second-order valence-corrected chi connectivity index (χ2v) is 14.5. The van der Waals surface area contributed by atoms with Gasteiger partial charge in [-0.1, -0.05) is 61.5 Å². The maximum Gasteiger partial charge on any atom is 0.167 e. The lowest BCUT2D eigenvalue weighted by molar-refractivity contribution is 0.510. The molecule has 4 rings (SSSR count). The van der Waals surface area contributed by atoms with Gasteiger partial charge in [0, 0.05) is 26.0 Å². The van der Waals surface area contributed by atoms with Crippen molar-refractivity contribution in [2.45, 2.75) is 65.6 Å². The number of rotatable bonds is 4. The van der Waals surface area contributed by atoms with Gasteiger partial charge in [0.05, 0.1) is 0 Å². The van der Waals surface area contributed by atoms with E-state index in [2.05, 4.69) is 102 Å². The van der Waals surface area contributed by atoms with Gasteiger partial charge in [-0.3, -0.25) is 0 Å². The molecule has 3 aromatic rings. The molecule has 0 saturated carbocycles. The molecule has 1 aliphatic carbocycles. The van der Waals surface area contributed by atoms with Gasteiger partial charge in [0.15, 0.2) is 8.24 Å². The Hall–Kier alpha value is -1.68. The number of allylic oxidation sites excluding steroid dienone is 2. The summed E-state index contributed by atoms with van der Waals surface area (Å²) in [5, 5.41) is 3.00. The van der Waals surface area contributed by atoms with E-state index in [0.717, 1.165) is 6.42 Å². The summed E-state index contributed by atoms with van der Waals surface area (Å²) in [6, 6.07) is 18.1. The number of aryl methyl sites for hydroxylation is 1. The van der Waals surface area contributed by atoms with Crippen LogP contribution in [-0.2, 0) is 6.42 Å². The van der Waals surface area contributed by atoms with Crippen LogP contribution in [0.3, 0.4) is 0 Å². The Labute approximate surface area is 181 Å². The Morgan fingerprint density at radius 1 is 1.00 bits per heavy atom. The molecule has 0 aliphatic heterocycles. The lowest BCUT2D eigenvalue weighted by atomic mass is 10.1. The molecule has 152 valence electrons. The van der Waals surface area contributed by atoms with Gasteiger partial charge in [-0.05, 0) is 69.0 Å². The first-order valence-electron chi connectivity index (χ1n) is 10.7. The zero-order valence-corrected chi connectivity index (χ0v) is 20.6. The van der Waals surface area contributed by atoms with Gasteiger partial charge in [-0.25, -0.2) is 0 Å². The predicted molar refractivity (Wildman–Crippen MR) is 133 cm³/mol. The summed E-state index contributed by atoms with van der Waals surface area (Å²) in [7, 11) is -2.11. The van der Waals surface area contributed by atoms with E-state index >= 15 is 0 Å². The van der Waals surface area contributed by atoms with Gasteiger partial charge in [0.1, 0.15) is 0 Å². The van der Waals surface area contributed by atoms with Crippen LogP contribution in [0.25, 0.3) is 15.7 Å². The summed E-state index contributed by atoms with van der Waals surface area (Å²) in [6.07, 6.45) is 1.08. The quantitative estimate of drug-likeness (QED) is 0.460. The molecule has 2 unspecified atom stereocenters. The Morgan fingerprint density at radius 3 is 2.34 bits per heavy atom. The van der Waals surface area contributed by atoms with Crippen LogP contribution >= 0.6 is 11.3 Å². The number of thiophene rings is 1. The van der Waals surface area contributed by atoms with Crippen LogP contribution in [0.4, 0.5) is 0 Å². The van der Waals surface area contributed by atoms with Crippen molar-refractivity contribution in [3.63, 3.8) is 0 Å². The summed E-state index contributed by atoms with van der Waals surface area (Å²) in [5.74, 6) is 0. The number of benzene rings is 2. The van der Waals surface area contributed by atoms with Gasteiger partial charge in [-0.15, -0.1) is 11.3 Å². The molecule has 0 bridgehead atoms. The van der Waals surface area contributed by atoms with Crippen LogP contribution in [0.15, 0.2) is 54.1 Å². The molecule has 2 atom stereocenters. The van der Waals surface area contributed by atoms with Crippen molar-refractivity contribution >= 4 is 40.4 Å². The van der Waals surface area contributed by atoms with E-state index in [1.165, 1.54) is 26.8 Å². The monoisotopic (exact) mass is 419 g/mol. The van der Waals surface area contributed by atoms with Gasteiger partial charge in [0.2, 0.25) is 0 Å². The third kappa shape index (κ3) is 3.33. The zero-order chi connectivity index (χ0) is 21.0. The smallest absolute Gasteiger partial charge is 0.167 e. The normalized spacial score (nSPS) is 18.9. The molecule has 0 saturated heterocycles. The summed E-state index contributed by atoms with van der Waals surface area (Å²) >= 11 is 2.02. The van der Waals surface area contributed by atoms with Gasteiger partial charge >= 0.3 is 0 Å². The average molecular weight is 420 g/mol. The maximum absolute atomic E-state index is 4.21. The number of hydrogen-bond donors (Lipinski definition) is 1. The molecular weight excluding hydrogens is 386 g/mol. The van der Waals surface area contributed by atoms with Crippen LogP contribution in [0.1, 0.15) is 63.1 Å². The topological polar surface area (TPSA) is 12.0 Å². The van der Waals surface area contributed by atoms with Crippen molar-refractivity contribution in [1.29, 1.82) is 0 Å². The highest BCUT2D eigenvalue weighted by Crippen LogP contribution is 2.52. The summed E-state index contributed by atoms with van der Waals surface area (Å²) in [5.41, 5.74) is 6.60. The zero-order valence-electron chi connectivity index (χ0n) is 18.8. The van der Waals surface area contributed by atoms with Crippen LogP contribution < -0.4 is 10.2 Å². The van der Waals surface area contributed by atoms with E-state index in [1.807, 2.05) is 11.3 Å². The fourth-order valence-corrected chi connectivity index (χ4v) is 12.8. The minimum atomic E-state index is -2.11. The highest BCUT2D eigenvalue weighted by atomic mass is 32.1. The molecule has 0 fully saturated rings. The van der Waals surface area contributed by atoms with Crippen molar-refractivity contribution in [3.8, 4) is 0 Å². The van der Waals surface area contributed by atoms with E-state index in [-0.39, 0.29) is 5.54 Å². The molecule has 1 nitrogen and oxygen atoms in total. The first-order valence-corrected chi connectivity index (χ1v) is 14.1. The van der Waals surface area contributed by atoms with E-state index in [1.54, 1.807) is 15.6 Å². The first-order chi connectivity index (χ1) is 13.7. The Morgan fingerprint density at radius 2 is 1.66 bits per heavy atom. The fourth-order valence-electron chi connectivity index (χ4n) is 5.37. The Bertz CT molecular complexity index is 1100. The van der Waals surface area contributed by atoms with Crippen molar-refractivity contribution < 1.29 is 0 Å². The second kappa shape index (κ2) is 7.23. The number of fused-ring (bicyclic) bond motifs is 3. The lowest BCUT2D eigenvalue weighted by Gasteiger charge is -2.42. The SMILES string of the molecule is CCc1ccccc1[Si](C)(NC(C)(C)C)C1C(C)=C(C)c2c1sc1ccccc21. The molecule has 0 amide bonds. The lowest BCUT2D eigenvalue weighted by Crippen LogP contribution is -2.68. The number of hydrogen-bond acceptors (Lipinski definition) is 2. The largest absolute Gasteiger partial charge is 0.329 e. The third-order valence-electron chi connectivity index (χ3n) is 6.45. The molecule has 2 aromatic carbocycles. The Balaban J connectivity index is 2.00. The van der Waals surface area contributed by atoms with Crippen molar-refractivity contribution in [2.75, 3.05) is 0 Å². The van der Waals surface area contributed by atoms with Crippen LogP contribution in [0, 0.1) is 0 Å². The molecule has 1 aliphatic rings. The molecule has 3 heteroatoms. The third-order valence-corrected chi connectivity index (χ3v) is 12.7. The van der Waals surface area contributed by atoms with Gasteiger partial charge in [0.25, 0.3) is 0 Å². The standard InChI is InChI=1S/C26H33NSSi/c1-8-19-13-9-12-16-22(19)29(7,27-26(4,5)6)25-18(3)17(2)23-20-14-10-11-15-21(20)28-24(23)25/h9-16,25,27H,8H2,1-7H3. The van der Waals surface area contributed by atoms with Crippen LogP contribution in [0.2, 0.25) is 6.55 Å². The van der Waals surface area contributed by atoms with E-state index in [0.29, 0.717) is 5.54 Å². The van der Waals surface area contributed by atoms with E-state index in [4.69, 9.17) is 0 Å². The molecule has 0 radical (unpaired) electrons. The highest BCUT2D eigenvalue weighted by molar-refractivity contribution is 7.20. The number of nitrogens with one attached hydrogen (secondary N) is 1. The van der Waals surface area contributed by atoms with E-state index < -0.39 is 8.24 Å². The van der Waals surface area contributed by atoms with Gasteiger partial charge < -0.3 is 4.98 Å². The van der Waals surface area contributed by atoms with Crippen LogP contribution in [-0.4, -0.2) is 13.8 Å². The summed E-state index contributed by atoms with van der Waals surface area (Å²) < 4.78 is 1.42. The molecule has 1 aromatic heterocycles. The summed E-state index contributed by atoms with van der Waals surface area (Å²) in [4.78, 5) is 5.79. The second-order valence-electron chi connectivity index (χ2n) is 9.67. The predicted octanol–water partition coefficient (Wildman–Crippen LogP) is 6.76. The molecular formula is C26H33NSSi. The minimum absolute atomic E-state index is 0.0649. The Kier molecular flexibility index (Phi) is 5.13. The molecule has 1 heterocycles. The van der Waals surface area contributed by atoms with Crippen molar-refractivity contribution in [2.24, 2.45) is 0 Å². The van der Waals surface area contributed by atoms with Gasteiger partial charge in [-0.2, -0.15) is 0 Å². The fraction of sp³-hybridized carbons (Fsp3) is 0.385. The molecule has 1 N–H and O–H groups in total. The minimum Gasteiger partial charge on any atom is -0.329 e. The van der Waals surface area contributed by atoms with E-state index in [9.17, 15) is 0 Å². The van der Waals surface area contributed by atoms with Crippen molar-refractivity contribution in [1.82, 2.24) is 4.98 Å². The highest BCUT2D eigenvalue weighted by Gasteiger charge is 2.48. The first kappa shape index (κ1) is 20.6. The summed E-state index contributed by atoms with van der Waals surface area (Å²) in [6.45, 7) is 16.5. The average Bonchev–Trinajstić information content (AvgIpc) is 3.15.